The fourth-order valence-electron chi connectivity index (χ4n) is 1.83. The predicted octanol–water partition coefficient (Wildman–Crippen LogP) is -0.00132. The number of nitriles is 1. The van der Waals surface area contributed by atoms with Crippen LogP contribution in [0.5, 0.6) is 0 Å². The van der Waals surface area contributed by atoms with E-state index in [0.717, 1.165) is 13.1 Å². The molecule has 6 heteroatoms. The van der Waals surface area contributed by atoms with Gasteiger partial charge in [-0.05, 0) is 33.4 Å². The zero-order valence-corrected chi connectivity index (χ0v) is 11.4. The normalized spacial score (nSPS) is 24.5. The van der Waals surface area contributed by atoms with Crippen molar-refractivity contribution in [3.05, 3.63) is 0 Å². The Hall–Kier alpha value is -0.640. The number of hydrogen-bond donors (Lipinski definition) is 1. The van der Waals surface area contributed by atoms with Crippen LogP contribution in [0.1, 0.15) is 19.8 Å². The number of hydrogen-bond acceptors (Lipinski definition) is 5. The third-order valence-corrected chi connectivity index (χ3v) is 5.09. The van der Waals surface area contributed by atoms with Crippen molar-refractivity contribution in [3.8, 4) is 6.07 Å². The Morgan fingerprint density at radius 2 is 2.12 bits per heavy atom. The van der Waals surface area contributed by atoms with Gasteiger partial charge in [0.15, 0.2) is 9.84 Å². The van der Waals surface area contributed by atoms with E-state index in [4.69, 9.17) is 5.26 Å². The van der Waals surface area contributed by atoms with Crippen LogP contribution in [0, 0.1) is 11.3 Å². The molecule has 5 nitrogen and oxygen atoms in total. The Bertz CT molecular complexity index is 388. The molecule has 1 unspecified atom stereocenters. The summed E-state index contributed by atoms with van der Waals surface area (Å²) in [5, 5.41) is 12.0. The number of nitrogens with zero attached hydrogens (tertiary/aromatic N) is 2. The summed E-state index contributed by atoms with van der Waals surface area (Å²) in [6.07, 6.45) is 1.41. The van der Waals surface area contributed by atoms with Gasteiger partial charge in [-0.25, -0.2) is 8.42 Å². The molecular weight excluding hydrogens is 238 g/mol. The molecule has 0 saturated carbocycles. The van der Waals surface area contributed by atoms with E-state index in [1.54, 1.807) is 7.05 Å². The maximum Gasteiger partial charge on any atom is 0.151 e. The number of sulfone groups is 1. The lowest BCUT2D eigenvalue weighted by molar-refractivity contribution is 0.264. The molecule has 1 aliphatic heterocycles. The second-order valence-corrected chi connectivity index (χ2v) is 7.09. The van der Waals surface area contributed by atoms with Crippen LogP contribution >= 0.6 is 0 Å². The van der Waals surface area contributed by atoms with E-state index >= 15 is 0 Å². The van der Waals surface area contributed by atoms with Crippen molar-refractivity contribution < 1.29 is 8.42 Å². The minimum atomic E-state index is -2.84. The highest BCUT2D eigenvalue weighted by Gasteiger charge is 2.24. The average molecular weight is 259 g/mol. The maximum atomic E-state index is 11.4. The third kappa shape index (κ3) is 4.62. The lowest BCUT2D eigenvalue weighted by Gasteiger charge is -2.25. The van der Waals surface area contributed by atoms with Gasteiger partial charge in [0, 0.05) is 13.1 Å². The van der Waals surface area contributed by atoms with Crippen LogP contribution in [0.15, 0.2) is 0 Å². The topological polar surface area (TPSA) is 73.2 Å². The summed E-state index contributed by atoms with van der Waals surface area (Å²) in [6.45, 7) is 4.03. The molecule has 1 atom stereocenters. The SMILES string of the molecule is CNC(C)(C#N)CCN1CCCS(=O)(=O)CC1. The van der Waals surface area contributed by atoms with Gasteiger partial charge in [-0.15, -0.1) is 0 Å². The summed E-state index contributed by atoms with van der Waals surface area (Å²) in [7, 11) is -1.07. The maximum absolute atomic E-state index is 11.4. The van der Waals surface area contributed by atoms with Gasteiger partial charge in [-0.3, -0.25) is 0 Å². The van der Waals surface area contributed by atoms with Crippen molar-refractivity contribution in [1.82, 2.24) is 10.2 Å². The fourth-order valence-corrected chi connectivity index (χ4v) is 3.14. The van der Waals surface area contributed by atoms with Gasteiger partial charge >= 0.3 is 0 Å². The number of rotatable bonds is 4. The summed E-state index contributed by atoms with van der Waals surface area (Å²) in [5.41, 5.74) is -0.523. The molecule has 1 heterocycles. The van der Waals surface area contributed by atoms with Crippen LogP contribution < -0.4 is 5.32 Å². The molecule has 0 spiro atoms. The lowest BCUT2D eigenvalue weighted by Crippen LogP contribution is -2.42. The van der Waals surface area contributed by atoms with Gasteiger partial charge in [-0.2, -0.15) is 5.26 Å². The molecular formula is C11H21N3O2S. The van der Waals surface area contributed by atoms with Gasteiger partial charge in [0.25, 0.3) is 0 Å². The van der Waals surface area contributed by atoms with Crippen molar-refractivity contribution in [2.75, 3.05) is 38.2 Å². The Morgan fingerprint density at radius 1 is 1.41 bits per heavy atom. The second-order valence-electron chi connectivity index (χ2n) is 4.79. The summed E-state index contributed by atoms with van der Waals surface area (Å²) in [5.74, 6) is 0.543. The molecule has 1 saturated heterocycles. The van der Waals surface area contributed by atoms with Crippen molar-refractivity contribution in [1.29, 1.82) is 5.26 Å². The second kappa shape index (κ2) is 5.80. The fraction of sp³-hybridized carbons (Fsp3) is 0.909. The van der Waals surface area contributed by atoms with Crippen molar-refractivity contribution in [2.45, 2.75) is 25.3 Å². The first-order valence-electron chi connectivity index (χ1n) is 5.94. The van der Waals surface area contributed by atoms with Crippen LogP contribution in [0.25, 0.3) is 0 Å². The summed E-state index contributed by atoms with van der Waals surface area (Å²) in [6, 6.07) is 2.24. The van der Waals surface area contributed by atoms with Gasteiger partial charge in [0.2, 0.25) is 0 Å². The average Bonchev–Trinajstić information content (AvgIpc) is 2.47. The van der Waals surface area contributed by atoms with Gasteiger partial charge in [0.1, 0.15) is 5.54 Å². The highest BCUT2D eigenvalue weighted by Crippen LogP contribution is 2.11. The smallest absolute Gasteiger partial charge is 0.151 e. The van der Waals surface area contributed by atoms with E-state index in [-0.39, 0.29) is 5.75 Å². The number of nitrogens with one attached hydrogen (secondary N) is 1. The van der Waals surface area contributed by atoms with E-state index in [9.17, 15) is 8.42 Å². The summed E-state index contributed by atoms with van der Waals surface area (Å²) < 4.78 is 22.9. The molecule has 0 aromatic heterocycles. The Morgan fingerprint density at radius 3 is 2.71 bits per heavy atom. The summed E-state index contributed by atoms with van der Waals surface area (Å²) >= 11 is 0. The van der Waals surface area contributed by atoms with Crippen LogP contribution in [0.2, 0.25) is 0 Å². The first-order chi connectivity index (χ1) is 7.91. The molecule has 0 radical (unpaired) electrons. The first-order valence-corrected chi connectivity index (χ1v) is 7.76. The third-order valence-electron chi connectivity index (χ3n) is 3.37. The zero-order valence-electron chi connectivity index (χ0n) is 10.6. The van der Waals surface area contributed by atoms with E-state index in [1.807, 2.05) is 6.92 Å². The Balaban J connectivity index is 2.46. The quantitative estimate of drug-likeness (QED) is 0.769. The van der Waals surface area contributed by atoms with E-state index in [2.05, 4.69) is 16.3 Å². The molecule has 1 N–H and O–H groups in total. The van der Waals surface area contributed by atoms with Gasteiger partial charge in [0.05, 0.1) is 17.6 Å². The molecule has 1 rings (SSSR count). The predicted molar refractivity (Wildman–Crippen MR) is 67.4 cm³/mol. The molecule has 1 aliphatic rings. The van der Waals surface area contributed by atoms with Gasteiger partial charge < -0.3 is 10.2 Å². The van der Waals surface area contributed by atoms with E-state index < -0.39 is 15.4 Å². The molecule has 98 valence electrons. The van der Waals surface area contributed by atoms with Crippen LogP contribution in [0.4, 0.5) is 0 Å². The van der Waals surface area contributed by atoms with Crippen molar-refractivity contribution in [3.63, 3.8) is 0 Å². The Kier molecular flexibility index (Phi) is 4.92. The molecule has 0 bridgehead atoms. The Labute approximate surface area is 104 Å². The van der Waals surface area contributed by atoms with Crippen LogP contribution in [-0.4, -0.2) is 57.0 Å². The monoisotopic (exact) mass is 259 g/mol. The molecule has 0 aromatic carbocycles. The minimum Gasteiger partial charge on any atom is -0.303 e. The standard InChI is InChI=1S/C11H21N3O2S/c1-11(10-12,13-2)4-6-14-5-3-8-17(15,16)9-7-14/h13H,3-9H2,1-2H3. The molecule has 0 amide bonds. The van der Waals surface area contributed by atoms with Crippen LogP contribution in [-0.2, 0) is 9.84 Å². The molecule has 0 aromatic rings. The van der Waals surface area contributed by atoms with Crippen molar-refractivity contribution >= 4 is 9.84 Å². The van der Waals surface area contributed by atoms with E-state index in [0.29, 0.717) is 25.1 Å². The van der Waals surface area contributed by atoms with E-state index in [1.165, 1.54) is 0 Å². The summed E-state index contributed by atoms with van der Waals surface area (Å²) in [4.78, 5) is 2.14. The van der Waals surface area contributed by atoms with Gasteiger partial charge in [-0.1, -0.05) is 0 Å². The largest absolute Gasteiger partial charge is 0.303 e. The minimum absolute atomic E-state index is 0.246. The zero-order chi connectivity index (χ0) is 12.9. The lowest BCUT2D eigenvalue weighted by atomic mass is 10.00. The molecule has 0 aliphatic carbocycles. The van der Waals surface area contributed by atoms with Crippen LogP contribution in [0.3, 0.4) is 0 Å². The highest BCUT2D eigenvalue weighted by atomic mass is 32.2. The molecule has 17 heavy (non-hydrogen) atoms. The first kappa shape index (κ1) is 14.4. The highest BCUT2D eigenvalue weighted by molar-refractivity contribution is 7.91. The van der Waals surface area contributed by atoms with Crippen molar-refractivity contribution in [2.24, 2.45) is 0 Å². The molecule has 1 fully saturated rings.